The number of nitro benzene ring substituents is 1. The molecule has 102 valence electrons. The molecule has 1 rings (SSSR count). The molecular formula is C10H6ClF3N2O3. The van der Waals surface area contributed by atoms with Crippen LogP contribution in [0.5, 0.6) is 5.75 Å². The molecule has 0 N–H and O–H groups in total. The second-order valence-corrected chi connectivity index (χ2v) is 3.84. The van der Waals surface area contributed by atoms with Crippen molar-refractivity contribution in [2.45, 2.75) is 6.18 Å². The quantitative estimate of drug-likeness (QED) is 0.630. The normalized spacial score (nSPS) is 12.6. The molecule has 19 heavy (non-hydrogen) atoms. The molecule has 0 saturated heterocycles. The van der Waals surface area contributed by atoms with Crippen LogP contribution in [0.25, 0.3) is 0 Å². The van der Waals surface area contributed by atoms with Crippen molar-refractivity contribution in [3.05, 3.63) is 33.3 Å². The molecule has 0 spiro atoms. The second-order valence-electron chi connectivity index (χ2n) is 3.40. The molecule has 5 nitrogen and oxygen atoms in total. The van der Waals surface area contributed by atoms with Gasteiger partial charge in [0.25, 0.3) is 0 Å². The Kier molecular flexibility index (Phi) is 4.56. The van der Waals surface area contributed by atoms with Crippen molar-refractivity contribution in [3.8, 4) is 11.8 Å². The van der Waals surface area contributed by atoms with Gasteiger partial charge in [-0.3, -0.25) is 10.1 Å². The Morgan fingerprint density at radius 2 is 2.16 bits per heavy atom. The summed E-state index contributed by atoms with van der Waals surface area (Å²) in [5, 5.41) is 19.1. The number of halogens is 4. The van der Waals surface area contributed by atoms with E-state index in [1.165, 1.54) is 6.07 Å². The summed E-state index contributed by atoms with van der Waals surface area (Å²) in [6.45, 7) is -1.03. The van der Waals surface area contributed by atoms with Gasteiger partial charge in [-0.15, -0.1) is 0 Å². The minimum absolute atomic E-state index is 0.0479. The van der Waals surface area contributed by atoms with Crippen LogP contribution in [0.3, 0.4) is 0 Å². The first kappa shape index (κ1) is 15.0. The van der Waals surface area contributed by atoms with Gasteiger partial charge in [0.05, 0.1) is 11.0 Å². The number of nitro groups is 1. The van der Waals surface area contributed by atoms with Crippen LogP contribution in [0.2, 0.25) is 5.02 Å². The van der Waals surface area contributed by atoms with Crippen LogP contribution in [-0.2, 0) is 0 Å². The fourth-order valence-corrected chi connectivity index (χ4v) is 1.30. The minimum atomic E-state index is -4.75. The van der Waals surface area contributed by atoms with E-state index in [9.17, 15) is 23.3 Å². The number of benzene rings is 1. The van der Waals surface area contributed by atoms with E-state index in [2.05, 4.69) is 0 Å². The maximum absolute atomic E-state index is 12.3. The monoisotopic (exact) mass is 294 g/mol. The average Bonchev–Trinajstić information content (AvgIpc) is 2.29. The highest BCUT2D eigenvalue weighted by atomic mass is 35.5. The number of ether oxygens (including phenoxy) is 1. The van der Waals surface area contributed by atoms with Gasteiger partial charge >= 0.3 is 11.9 Å². The van der Waals surface area contributed by atoms with E-state index in [0.717, 1.165) is 18.2 Å². The predicted octanol–water partition coefficient (Wildman–Crippen LogP) is 3.33. The molecule has 0 fully saturated rings. The molecule has 0 aliphatic rings. The topological polar surface area (TPSA) is 76.2 Å². The van der Waals surface area contributed by atoms with E-state index < -0.39 is 29.3 Å². The number of rotatable bonds is 4. The van der Waals surface area contributed by atoms with Crippen molar-refractivity contribution in [1.82, 2.24) is 0 Å². The maximum atomic E-state index is 12.3. The number of hydrogen-bond acceptors (Lipinski definition) is 4. The largest absolute Gasteiger partial charge is 0.485 e. The summed E-state index contributed by atoms with van der Waals surface area (Å²) < 4.78 is 41.6. The van der Waals surface area contributed by atoms with Crippen molar-refractivity contribution in [3.63, 3.8) is 0 Å². The Balaban J connectivity index is 2.90. The predicted molar refractivity (Wildman–Crippen MR) is 58.8 cm³/mol. The van der Waals surface area contributed by atoms with Gasteiger partial charge in [0.1, 0.15) is 6.61 Å². The van der Waals surface area contributed by atoms with Crippen LogP contribution in [0, 0.1) is 27.4 Å². The molecule has 0 aromatic heterocycles. The van der Waals surface area contributed by atoms with Crippen molar-refractivity contribution in [2.75, 3.05) is 6.61 Å². The lowest BCUT2D eigenvalue weighted by molar-refractivity contribution is -0.386. The van der Waals surface area contributed by atoms with Crippen LogP contribution in [0.15, 0.2) is 18.2 Å². The molecule has 0 amide bonds. The number of alkyl halides is 3. The maximum Gasteiger partial charge on any atom is 0.407 e. The third-order valence-electron chi connectivity index (χ3n) is 2.07. The molecule has 1 atom stereocenters. The lowest BCUT2D eigenvalue weighted by atomic mass is 10.2. The molecule has 1 aromatic carbocycles. The summed E-state index contributed by atoms with van der Waals surface area (Å²) in [4.78, 5) is 9.83. The van der Waals surface area contributed by atoms with Crippen LogP contribution in [-0.4, -0.2) is 17.7 Å². The fraction of sp³-hybridized carbons (Fsp3) is 0.300. The van der Waals surface area contributed by atoms with Crippen LogP contribution < -0.4 is 4.74 Å². The summed E-state index contributed by atoms with van der Waals surface area (Å²) in [7, 11) is 0. The van der Waals surface area contributed by atoms with Crippen LogP contribution in [0.4, 0.5) is 18.9 Å². The van der Waals surface area contributed by atoms with Gasteiger partial charge < -0.3 is 4.74 Å². The molecule has 0 heterocycles. The molecule has 9 heteroatoms. The van der Waals surface area contributed by atoms with Gasteiger partial charge in [-0.25, -0.2) is 0 Å². The summed E-state index contributed by atoms with van der Waals surface area (Å²) in [5.74, 6) is -2.73. The van der Waals surface area contributed by atoms with Gasteiger partial charge in [-0.2, -0.15) is 18.4 Å². The number of nitrogens with zero attached hydrogens (tertiary/aromatic N) is 2. The highest BCUT2D eigenvalue weighted by Gasteiger charge is 2.40. The smallest absolute Gasteiger partial charge is 0.407 e. The average molecular weight is 295 g/mol. The summed E-state index contributed by atoms with van der Waals surface area (Å²) in [6.07, 6.45) is -4.75. The Hall–Kier alpha value is -2.01. The van der Waals surface area contributed by atoms with E-state index in [0.29, 0.717) is 0 Å². The van der Waals surface area contributed by atoms with Crippen LogP contribution >= 0.6 is 11.6 Å². The zero-order valence-electron chi connectivity index (χ0n) is 9.15. The Morgan fingerprint density at radius 1 is 1.53 bits per heavy atom. The standard InChI is InChI=1S/C10H6ClF3N2O3/c11-7-1-2-9(8(3-7)16(17)18)19-5-6(4-15)10(12,13)14/h1-3,6H,5H2. The molecule has 0 radical (unpaired) electrons. The Labute approximate surface area is 110 Å². The third-order valence-corrected chi connectivity index (χ3v) is 2.31. The van der Waals surface area contributed by atoms with Crippen molar-refractivity contribution in [2.24, 2.45) is 5.92 Å². The zero-order chi connectivity index (χ0) is 14.6. The van der Waals surface area contributed by atoms with Gasteiger partial charge in [0.2, 0.25) is 0 Å². The molecule has 1 aromatic rings. The second kappa shape index (κ2) is 5.75. The van der Waals surface area contributed by atoms with Gasteiger partial charge in [0, 0.05) is 11.1 Å². The van der Waals surface area contributed by atoms with Crippen LogP contribution in [0.1, 0.15) is 0 Å². The lowest BCUT2D eigenvalue weighted by Gasteiger charge is -2.14. The highest BCUT2D eigenvalue weighted by Crippen LogP contribution is 2.32. The fourth-order valence-electron chi connectivity index (χ4n) is 1.13. The number of hydrogen-bond donors (Lipinski definition) is 0. The van der Waals surface area contributed by atoms with Gasteiger partial charge in [-0.05, 0) is 12.1 Å². The molecule has 0 aliphatic heterocycles. The van der Waals surface area contributed by atoms with E-state index >= 15 is 0 Å². The van der Waals surface area contributed by atoms with E-state index in [4.69, 9.17) is 21.6 Å². The molecule has 0 bridgehead atoms. The first-order valence-corrected chi connectivity index (χ1v) is 5.16. The van der Waals surface area contributed by atoms with E-state index in [1.807, 2.05) is 0 Å². The van der Waals surface area contributed by atoms with Crippen molar-refractivity contribution < 1.29 is 22.8 Å². The SMILES string of the molecule is N#CC(COc1ccc(Cl)cc1[N+](=O)[O-])C(F)(F)F. The first-order chi connectivity index (χ1) is 8.75. The van der Waals surface area contributed by atoms with Crippen molar-refractivity contribution >= 4 is 17.3 Å². The lowest BCUT2D eigenvalue weighted by Crippen LogP contribution is -2.27. The molecule has 1 unspecified atom stereocenters. The number of nitriles is 1. The van der Waals surface area contributed by atoms with E-state index in [-0.39, 0.29) is 10.8 Å². The summed E-state index contributed by atoms with van der Waals surface area (Å²) in [5.41, 5.74) is -0.564. The van der Waals surface area contributed by atoms with E-state index in [1.54, 1.807) is 0 Å². The Morgan fingerprint density at radius 3 is 2.63 bits per heavy atom. The minimum Gasteiger partial charge on any atom is -0.485 e. The molecular weight excluding hydrogens is 289 g/mol. The molecule has 0 aliphatic carbocycles. The van der Waals surface area contributed by atoms with Gasteiger partial charge in [0.15, 0.2) is 11.7 Å². The van der Waals surface area contributed by atoms with Gasteiger partial charge in [-0.1, -0.05) is 11.6 Å². The zero-order valence-corrected chi connectivity index (χ0v) is 9.90. The first-order valence-electron chi connectivity index (χ1n) is 4.78. The Bertz CT molecular complexity index is 528. The highest BCUT2D eigenvalue weighted by molar-refractivity contribution is 6.30. The van der Waals surface area contributed by atoms with Crippen molar-refractivity contribution in [1.29, 1.82) is 5.26 Å². The summed E-state index contributed by atoms with van der Waals surface area (Å²) in [6, 6.07) is 4.29. The third kappa shape index (κ3) is 3.99. The molecule has 0 saturated carbocycles. The summed E-state index contributed by atoms with van der Waals surface area (Å²) >= 11 is 5.53.